The highest BCUT2D eigenvalue weighted by Gasteiger charge is 2.05. The standard InChI is InChI=1S/C6H11NO2/c1-4(2)3-5(7)6(8)9/h3,5H,7H2,1-2H3,(H,8,9)/t5-/m0/s1. The second-order valence-corrected chi connectivity index (χ2v) is 2.11. The van der Waals surface area contributed by atoms with E-state index in [2.05, 4.69) is 0 Å². The summed E-state index contributed by atoms with van der Waals surface area (Å²) >= 11 is 0. The molecule has 0 saturated carbocycles. The Morgan fingerprint density at radius 3 is 2.22 bits per heavy atom. The van der Waals surface area contributed by atoms with Gasteiger partial charge in [0.25, 0.3) is 0 Å². The first kappa shape index (κ1) is 8.17. The highest BCUT2D eigenvalue weighted by atomic mass is 16.4. The fourth-order valence-electron chi connectivity index (χ4n) is 0.430. The third-order valence-electron chi connectivity index (χ3n) is 0.798. The van der Waals surface area contributed by atoms with Crippen LogP contribution in [0.1, 0.15) is 13.8 Å². The first-order valence-corrected chi connectivity index (χ1v) is 2.67. The molecular formula is C6H11NO2. The third-order valence-corrected chi connectivity index (χ3v) is 0.798. The number of nitrogens with two attached hydrogens (primary N) is 1. The van der Waals surface area contributed by atoms with Gasteiger partial charge in [-0.15, -0.1) is 0 Å². The van der Waals surface area contributed by atoms with Crippen LogP contribution >= 0.6 is 0 Å². The first-order chi connectivity index (χ1) is 4.04. The van der Waals surface area contributed by atoms with E-state index in [1.807, 2.05) is 13.8 Å². The van der Waals surface area contributed by atoms with E-state index in [0.29, 0.717) is 0 Å². The molecule has 52 valence electrons. The van der Waals surface area contributed by atoms with Crippen molar-refractivity contribution in [1.29, 1.82) is 0 Å². The largest absolute Gasteiger partial charge is 0.480 e. The van der Waals surface area contributed by atoms with E-state index >= 15 is 0 Å². The molecule has 0 heterocycles. The number of carbonyl (C=O) groups is 1. The smallest absolute Gasteiger partial charge is 0.324 e. The maximum absolute atomic E-state index is 10.1. The van der Waals surface area contributed by atoms with Gasteiger partial charge in [-0.05, 0) is 13.8 Å². The number of aliphatic carboxylic acids is 1. The summed E-state index contributed by atoms with van der Waals surface area (Å²) in [6.07, 6.45) is 1.50. The van der Waals surface area contributed by atoms with Crippen molar-refractivity contribution in [2.45, 2.75) is 19.9 Å². The Morgan fingerprint density at radius 1 is 1.67 bits per heavy atom. The zero-order chi connectivity index (χ0) is 7.44. The van der Waals surface area contributed by atoms with Crippen molar-refractivity contribution in [3.8, 4) is 0 Å². The number of carboxylic acids is 1. The zero-order valence-corrected chi connectivity index (χ0v) is 5.59. The van der Waals surface area contributed by atoms with E-state index in [1.54, 1.807) is 0 Å². The molecule has 9 heavy (non-hydrogen) atoms. The number of carboxylic acid groups (broad SMARTS) is 1. The monoisotopic (exact) mass is 129 g/mol. The van der Waals surface area contributed by atoms with Gasteiger partial charge in [-0.2, -0.15) is 0 Å². The van der Waals surface area contributed by atoms with Gasteiger partial charge in [-0.1, -0.05) is 11.6 Å². The van der Waals surface area contributed by atoms with Crippen molar-refractivity contribution in [3.05, 3.63) is 11.6 Å². The third kappa shape index (κ3) is 3.73. The minimum Gasteiger partial charge on any atom is -0.480 e. The second-order valence-electron chi connectivity index (χ2n) is 2.11. The van der Waals surface area contributed by atoms with Crippen LogP contribution < -0.4 is 5.73 Å². The highest BCUT2D eigenvalue weighted by Crippen LogP contribution is 1.90. The molecule has 0 unspecified atom stereocenters. The van der Waals surface area contributed by atoms with Gasteiger partial charge in [0.2, 0.25) is 0 Å². The normalized spacial score (nSPS) is 12.3. The molecule has 0 radical (unpaired) electrons. The van der Waals surface area contributed by atoms with Gasteiger partial charge in [-0.25, -0.2) is 0 Å². The van der Waals surface area contributed by atoms with Crippen molar-refractivity contribution in [1.82, 2.24) is 0 Å². The van der Waals surface area contributed by atoms with Crippen LogP contribution in [0.5, 0.6) is 0 Å². The molecule has 0 spiro atoms. The van der Waals surface area contributed by atoms with Crippen LogP contribution in [0.4, 0.5) is 0 Å². The topological polar surface area (TPSA) is 63.3 Å². The molecule has 0 aromatic rings. The highest BCUT2D eigenvalue weighted by molar-refractivity contribution is 5.75. The Hall–Kier alpha value is -0.830. The van der Waals surface area contributed by atoms with Gasteiger partial charge >= 0.3 is 5.97 Å². The van der Waals surface area contributed by atoms with Crippen molar-refractivity contribution >= 4 is 5.97 Å². The van der Waals surface area contributed by atoms with Crippen LogP contribution in [-0.2, 0) is 4.79 Å². The Kier molecular flexibility index (Phi) is 2.95. The van der Waals surface area contributed by atoms with Crippen LogP contribution in [0.25, 0.3) is 0 Å². The molecule has 3 N–H and O–H groups in total. The lowest BCUT2D eigenvalue weighted by Gasteiger charge is -1.97. The first-order valence-electron chi connectivity index (χ1n) is 2.67. The fraction of sp³-hybridized carbons (Fsp3) is 0.500. The maximum atomic E-state index is 10.1. The minimum absolute atomic E-state index is 0.852. The molecule has 0 aliphatic carbocycles. The Labute approximate surface area is 54.2 Å². The molecular weight excluding hydrogens is 118 g/mol. The molecule has 3 heteroatoms. The van der Waals surface area contributed by atoms with Crippen molar-refractivity contribution in [2.75, 3.05) is 0 Å². The van der Waals surface area contributed by atoms with E-state index in [9.17, 15) is 4.79 Å². The fourth-order valence-corrected chi connectivity index (χ4v) is 0.430. The maximum Gasteiger partial charge on any atom is 0.324 e. The minimum atomic E-state index is -0.990. The molecule has 3 nitrogen and oxygen atoms in total. The van der Waals surface area contributed by atoms with E-state index in [-0.39, 0.29) is 0 Å². The van der Waals surface area contributed by atoms with Crippen molar-refractivity contribution in [3.63, 3.8) is 0 Å². The predicted octanol–water partition coefficient (Wildman–Crippen LogP) is 0.365. The zero-order valence-electron chi connectivity index (χ0n) is 5.59. The van der Waals surface area contributed by atoms with Gasteiger partial charge in [-0.3, -0.25) is 4.79 Å². The predicted molar refractivity (Wildman–Crippen MR) is 35.0 cm³/mol. The van der Waals surface area contributed by atoms with Crippen LogP contribution in [-0.4, -0.2) is 17.1 Å². The van der Waals surface area contributed by atoms with E-state index in [0.717, 1.165) is 5.57 Å². The summed E-state index contributed by atoms with van der Waals surface area (Å²) in [6, 6.07) is -0.852. The average Bonchev–Trinajstić information content (AvgIpc) is 1.63. The molecule has 0 aliphatic heterocycles. The summed E-state index contributed by atoms with van der Waals surface area (Å²) < 4.78 is 0. The van der Waals surface area contributed by atoms with Crippen molar-refractivity contribution in [2.24, 2.45) is 5.73 Å². The summed E-state index contributed by atoms with van der Waals surface area (Å²) in [4.78, 5) is 10.1. The second kappa shape index (κ2) is 3.25. The molecule has 0 aliphatic rings. The number of hydrogen-bond donors (Lipinski definition) is 2. The lowest BCUT2D eigenvalue weighted by Crippen LogP contribution is -2.27. The number of rotatable bonds is 2. The lowest BCUT2D eigenvalue weighted by atomic mass is 10.2. The van der Waals surface area contributed by atoms with Gasteiger partial charge < -0.3 is 10.8 Å². The van der Waals surface area contributed by atoms with Gasteiger partial charge in [0, 0.05) is 0 Å². The van der Waals surface area contributed by atoms with Crippen LogP contribution in [0.3, 0.4) is 0 Å². The van der Waals surface area contributed by atoms with Gasteiger partial charge in [0.1, 0.15) is 6.04 Å². The Bertz CT molecular complexity index is 136. The molecule has 1 atom stereocenters. The Balaban J connectivity index is 3.91. The molecule has 0 rings (SSSR count). The summed E-state index contributed by atoms with van der Waals surface area (Å²) in [5, 5.41) is 8.26. The Morgan fingerprint density at radius 2 is 2.11 bits per heavy atom. The molecule has 0 saturated heterocycles. The van der Waals surface area contributed by atoms with Crippen LogP contribution in [0.15, 0.2) is 11.6 Å². The average molecular weight is 129 g/mol. The quantitative estimate of drug-likeness (QED) is 0.529. The summed E-state index contributed by atoms with van der Waals surface area (Å²) in [5.74, 6) is -0.990. The van der Waals surface area contributed by atoms with E-state index < -0.39 is 12.0 Å². The summed E-state index contributed by atoms with van der Waals surface area (Å²) in [5.41, 5.74) is 6.06. The summed E-state index contributed by atoms with van der Waals surface area (Å²) in [7, 11) is 0. The number of allylic oxidation sites excluding steroid dienone is 1. The molecule has 0 bridgehead atoms. The van der Waals surface area contributed by atoms with Crippen molar-refractivity contribution < 1.29 is 9.90 Å². The molecule has 0 aromatic heterocycles. The lowest BCUT2D eigenvalue weighted by molar-refractivity contribution is -0.137. The summed E-state index contributed by atoms with van der Waals surface area (Å²) in [6.45, 7) is 3.62. The molecule has 0 fully saturated rings. The van der Waals surface area contributed by atoms with Crippen LogP contribution in [0.2, 0.25) is 0 Å². The van der Waals surface area contributed by atoms with E-state index in [4.69, 9.17) is 10.8 Å². The number of hydrogen-bond acceptors (Lipinski definition) is 2. The van der Waals surface area contributed by atoms with Gasteiger partial charge in [0.05, 0.1) is 0 Å². The van der Waals surface area contributed by atoms with E-state index in [1.165, 1.54) is 6.08 Å². The van der Waals surface area contributed by atoms with Gasteiger partial charge in [0.15, 0.2) is 0 Å². The SMILES string of the molecule is CC(C)=C[C@H](N)C(=O)O. The molecule has 0 aromatic carbocycles. The van der Waals surface area contributed by atoms with Crippen LogP contribution in [0, 0.1) is 0 Å². The molecule has 0 amide bonds.